The van der Waals surface area contributed by atoms with Gasteiger partial charge < -0.3 is 9.72 Å². The zero-order chi connectivity index (χ0) is 11.5. The maximum absolute atomic E-state index is 5.37. The molecule has 0 aliphatic rings. The normalized spacial score (nSPS) is 11.7. The van der Waals surface area contributed by atoms with Crippen LogP contribution in [0.4, 0.5) is 0 Å². The molecule has 1 heterocycles. The van der Waals surface area contributed by atoms with Crippen molar-refractivity contribution < 1.29 is 4.74 Å². The maximum Gasteiger partial charge on any atom is 0.139 e. The summed E-state index contributed by atoms with van der Waals surface area (Å²) in [6, 6.07) is 1.91. The van der Waals surface area contributed by atoms with E-state index in [0.717, 1.165) is 24.4 Å². The third-order valence-electron chi connectivity index (χ3n) is 2.40. The first kappa shape index (κ1) is 12.3. The summed E-state index contributed by atoms with van der Waals surface area (Å²) in [7, 11) is 1.67. The van der Waals surface area contributed by atoms with E-state index in [4.69, 9.17) is 17.0 Å². The highest BCUT2D eigenvalue weighted by Gasteiger charge is 2.22. The number of aromatic nitrogens is 2. The number of hydrogen-bond acceptors (Lipinski definition) is 3. The molecule has 0 amide bonds. The Bertz CT molecular complexity index is 384. The molecule has 0 saturated carbocycles. The Morgan fingerprint density at radius 1 is 1.53 bits per heavy atom. The van der Waals surface area contributed by atoms with Gasteiger partial charge in [0.1, 0.15) is 16.1 Å². The first-order valence-electron chi connectivity index (χ1n) is 5.15. The molecular weight excluding hydrogens is 208 g/mol. The second-order valence-corrected chi connectivity index (χ2v) is 4.48. The molecule has 1 rings (SSSR count). The molecule has 0 spiro atoms. The third kappa shape index (κ3) is 3.11. The number of rotatable bonds is 4. The zero-order valence-corrected chi connectivity index (χ0v) is 10.6. The van der Waals surface area contributed by atoms with E-state index in [-0.39, 0.29) is 0 Å². The molecule has 15 heavy (non-hydrogen) atoms. The van der Waals surface area contributed by atoms with Crippen molar-refractivity contribution in [1.29, 1.82) is 0 Å². The van der Waals surface area contributed by atoms with E-state index in [2.05, 4.69) is 16.9 Å². The van der Waals surface area contributed by atoms with Crippen molar-refractivity contribution in [2.45, 2.75) is 39.2 Å². The lowest BCUT2D eigenvalue weighted by atomic mass is 10.1. The highest BCUT2D eigenvalue weighted by atomic mass is 32.1. The number of methoxy groups -OCH3 is 1. The maximum atomic E-state index is 5.37. The largest absolute Gasteiger partial charge is 0.371 e. The van der Waals surface area contributed by atoms with Crippen LogP contribution in [0.15, 0.2) is 6.07 Å². The number of nitrogens with one attached hydrogen (secondary N) is 1. The molecule has 0 aliphatic carbocycles. The SMILES string of the molecule is CCCc1cc(=S)nc(C(C)(C)OC)[nH]1. The molecule has 0 unspecified atom stereocenters. The molecule has 0 aliphatic heterocycles. The van der Waals surface area contributed by atoms with E-state index in [0.29, 0.717) is 4.64 Å². The Morgan fingerprint density at radius 2 is 2.20 bits per heavy atom. The van der Waals surface area contributed by atoms with Gasteiger partial charge in [-0.2, -0.15) is 0 Å². The van der Waals surface area contributed by atoms with Gasteiger partial charge in [0.15, 0.2) is 0 Å². The van der Waals surface area contributed by atoms with Crippen molar-refractivity contribution in [2.24, 2.45) is 0 Å². The first-order valence-corrected chi connectivity index (χ1v) is 5.56. The number of aromatic amines is 1. The molecule has 1 aromatic heterocycles. The molecule has 4 heteroatoms. The number of hydrogen-bond donors (Lipinski definition) is 1. The van der Waals surface area contributed by atoms with E-state index in [1.165, 1.54) is 0 Å². The molecule has 3 nitrogen and oxygen atoms in total. The summed E-state index contributed by atoms with van der Waals surface area (Å²) >= 11 is 5.13. The van der Waals surface area contributed by atoms with E-state index in [9.17, 15) is 0 Å². The van der Waals surface area contributed by atoms with Crippen molar-refractivity contribution in [3.8, 4) is 0 Å². The quantitative estimate of drug-likeness (QED) is 0.802. The fourth-order valence-electron chi connectivity index (χ4n) is 1.29. The number of aryl methyl sites for hydroxylation is 1. The van der Waals surface area contributed by atoms with Gasteiger partial charge >= 0.3 is 0 Å². The van der Waals surface area contributed by atoms with E-state index in [1.54, 1.807) is 7.11 Å². The Kier molecular flexibility index (Phi) is 3.99. The summed E-state index contributed by atoms with van der Waals surface area (Å²) < 4.78 is 5.99. The van der Waals surface area contributed by atoms with Gasteiger partial charge in [-0.05, 0) is 26.3 Å². The van der Waals surface area contributed by atoms with Crippen LogP contribution in [0.25, 0.3) is 0 Å². The monoisotopic (exact) mass is 226 g/mol. The lowest BCUT2D eigenvalue weighted by Gasteiger charge is -2.22. The molecule has 0 aromatic carbocycles. The summed E-state index contributed by atoms with van der Waals surface area (Å²) in [5, 5.41) is 0. The number of ether oxygens (including phenoxy) is 1. The van der Waals surface area contributed by atoms with Crippen LogP contribution < -0.4 is 0 Å². The second-order valence-electron chi connectivity index (χ2n) is 4.06. The molecule has 0 fully saturated rings. The fourth-order valence-corrected chi connectivity index (χ4v) is 1.53. The summed E-state index contributed by atoms with van der Waals surface area (Å²) in [6.45, 7) is 6.07. The number of nitrogens with zero attached hydrogens (tertiary/aromatic N) is 1. The molecule has 0 saturated heterocycles. The van der Waals surface area contributed by atoms with Crippen molar-refractivity contribution in [3.05, 3.63) is 22.2 Å². The number of H-pyrrole nitrogens is 1. The minimum atomic E-state index is -0.419. The van der Waals surface area contributed by atoms with Crippen LogP contribution in [0, 0.1) is 4.64 Å². The minimum Gasteiger partial charge on any atom is -0.371 e. The van der Waals surface area contributed by atoms with Crippen LogP contribution in [0.2, 0.25) is 0 Å². The zero-order valence-electron chi connectivity index (χ0n) is 9.76. The van der Waals surface area contributed by atoms with E-state index < -0.39 is 5.60 Å². The predicted octanol–water partition coefficient (Wildman–Crippen LogP) is 2.97. The molecule has 1 aromatic rings. The van der Waals surface area contributed by atoms with Crippen molar-refractivity contribution in [1.82, 2.24) is 9.97 Å². The van der Waals surface area contributed by atoms with Gasteiger partial charge in [0.05, 0.1) is 0 Å². The lowest BCUT2D eigenvalue weighted by molar-refractivity contribution is 0.0112. The molecular formula is C11H18N2OS. The van der Waals surface area contributed by atoms with Gasteiger partial charge in [-0.3, -0.25) is 0 Å². The predicted molar refractivity (Wildman–Crippen MR) is 63.5 cm³/mol. The van der Waals surface area contributed by atoms with Crippen LogP contribution in [-0.4, -0.2) is 17.1 Å². The van der Waals surface area contributed by atoms with Gasteiger partial charge in [-0.1, -0.05) is 25.6 Å². The van der Waals surface area contributed by atoms with Crippen molar-refractivity contribution in [2.75, 3.05) is 7.11 Å². The summed E-state index contributed by atoms with van der Waals surface area (Å²) in [5.41, 5.74) is 0.703. The minimum absolute atomic E-state index is 0.419. The van der Waals surface area contributed by atoms with E-state index in [1.807, 2.05) is 19.9 Å². The Balaban J connectivity index is 3.14. The van der Waals surface area contributed by atoms with Crippen LogP contribution >= 0.6 is 12.2 Å². The van der Waals surface area contributed by atoms with Gasteiger partial charge in [-0.15, -0.1) is 0 Å². The molecule has 0 bridgehead atoms. The average molecular weight is 226 g/mol. The average Bonchev–Trinajstić information content (AvgIpc) is 2.17. The standard InChI is InChI=1S/C11H18N2OS/c1-5-6-8-7-9(15)13-10(12-8)11(2,3)14-4/h7H,5-6H2,1-4H3,(H,12,13,15). The first-order chi connectivity index (χ1) is 6.99. The highest BCUT2D eigenvalue weighted by molar-refractivity contribution is 7.71. The van der Waals surface area contributed by atoms with Crippen LogP contribution in [0.5, 0.6) is 0 Å². The summed E-state index contributed by atoms with van der Waals surface area (Å²) in [5.74, 6) is 0.793. The summed E-state index contributed by atoms with van der Waals surface area (Å²) in [6.07, 6.45) is 2.07. The van der Waals surface area contributed by atoms with Gasteiger partial charge in [0, 0.05) is 12.8 Å². The van der Waals surface area contributed by atoms with Crippen LogP contribution in [-0.2, 0) is 16.8 Å². The molecule has 1 N–H and O–H groups in total. The lowest BCUT2D eigenvalue weighted by Crippen LogP contribution is -2.23. The summed E-state index contributed by atoms with van der Waals surface area (Å²) in [4.78, 5) is 7.57. The molecule has 84 valence electrons. The Labute approximate surface area is 95.9 Å². The highest BCUT2D eigenvalue weighted by Crippen LogP contribution is 2.20. The van der Waals surface area contributed by atoms with Gasteiger partial charge in [-0.25, -0.2) is 4.98 Å². The Hall–Kier alpha value is -0.740. The fraction of sp³-hybridized carbons (Fsp3) is 0.636. The van der Waals surface area contributed by atoms with Gasteiger partial charge in [0.25, 0.3) is 0 Å². The van der Waals surface area contributed by atoms with Crippen molar-refractivity contribution in [3.63, 3.8) is 0 Å². The smallest absolute Gasteiger partial charge is 0.139 e. The van der Waals surface area contributed by atoms with Crippen LogP contribution in [0.1, 0.15) is 38.7 Å². The Morgan fingerprint density at radius 3 is 2.73 bits per heavy atom. The molecule has 0 atom stereocenters. The van der Waals surface area contributed by atoms with Gasteiger partial charge in [0.2, 0.25) is 0 Å². The second kappa shape index (κ2) is 4.86. The third-order valence-corrected chi connectivity index (χ3v) is 2.61. The van der Waals surface area contributed by atoms with E-state index >= 15 is 0 Å². The molecule has 0 radical (unpaired) electrons. The topological polar surface area (TPSA) is 37.9 Å². The van der Waals surface area contributed by atoms with Crippen LogP contribution in [0.3, 0.4) is 0 Å². The van der Waals surface area contributed by atoms with Crippen molar-refractivity contribution >= 4 is 12.2 Å².